The average molecular weight is 250 g/mol. The number of hydrogen-bond donors (Lipinski definition) is 3. The van der Waals surface area contributed by atoms with E-state index in [0.717, 1.165) is 5.56 Å². The molecule has 3 N–H and O–H groups in total. The van der Waals surface area contributed by atoms with Crippen molar-refractivity contribution in [3.05, 3.63) is 59.9 Å². The molecule has 0 aliphatic heterocycles. The highest BCUT2D eigenvalue weighted by Crippen LogP contribution is 2.15. The second-order valence-corrected chi connectivity index (χ2v) is 3.55. The van der Waals surface area contributed by atoms with Gasteiger partial charge in [0, 0.05) is 6.61 Å². The molecule has 2 aromatic carbocycles. The zero-order valence-corrected chi connectivity index (χ0v) is 9.75. The smallest absolute Gasteiger partial charge is 0.164 e. The summed E-state index contributed by atoms with van der Waals surface area (Å²) < 4.78 is 12.1. The normalized spacial score (nSPS) is 9.44. The zero-order valence-electron chi connectivity index (χ0n) is 9.75. The van der Waals surface area contributed by atoms with Crippen molar-refractivity contribution in [1.82, 2.24) is 0 Å². The van der Waals surface area contributed by atoms with Crippen molar-refractivity contribution >= 4 is 0 Å². The lowest BCUT2D eigenvalue weighted by Gasteiger charge is -1.99. The van der Waals surface area contributed by atoms with E-state index < -0.39 is 5.82 Å². The van der Waals surface area contributed by atoms with E-state index in [0.29, 0.717) is 6.42 Å². The number of phenols is 2. The minimum absolute atomic E-state index is 0.0809. The van der Waals surface area contributed by atoms with E-state index in [4.69, 9.17) is 15.3 Å². The minimum atomic E-state index is -0.576. The van der Waals surface area contributed by atoms with Gasteiger partial charge in [-0.3, -0.25) is 0 Å². The molecule has 2 aromatic rings. The fraction of sp³-hybridized carbons (Fsp3) is 0.143. The highest BCUT2D eigenvalue weighted by Gasteiger charge is 1.95. The first-order chi connectivity index (χ1) is 8.65. The number of rotatable bonds is 2. The lowest BCUT2D eigenvalue weighted by atomic mass is 10.1. The lowest BCUT2D eigenvalue weighted by Crippen LogP contribution is -1.89. The van der Waals surface area contributed by atoms with Gasteiger partial charge in [-0.05, 0) is 30.2 Å². The number of phenolic OH excluding ortho intramolecular Hbond substituents is 2. The number of para-hydroxylation sites is 2. The van der Waals surface area contributed by atoms with Crippen LogP contribution in [0.5, 0.6) is 11.5 Å². The molecule has 0 spiro atoms. The van der Waals surface area contributed by atoms with Crippen molar-refractivity contribution in [2.45, 2.75) is 6.42 Å². The lowest BCUT2D eigenvalue weighted by molar-refractivity contribution is 0.297. The van der Waals surface area contributed by atoms with Crippen molar-refractivity contribution in [2.75, 3.05) is 6.61 Å². The first kappa shape index (κ1) is 14.0. The van der Waals surface area contributed by atoms with E-state index in [2.05, 4.69) is 0 Å². The quantitative estimate of drug-likeness (QED) is 0.767. The first-order valence-electron chi connectivity index (χ1n) is 5.46. The number of aliphatic hydroxyl groups excluding tert-OH is 1. The van der Waals surface area contributed by atoms with Crippen LogP contribution >= 0.6 is 0 Å². The molecule has 0 heterocycles. The molecule has 0 radical (unpaired) electrons. The third-order valence-electron chi connectivity index (χ3n) is 2.23. The van der Waals surface area contributed by atoms with Crippen LogP contribution in [0.2, 0.25) is 0 Å². The Kier molecular flexibility index (Phi) is 5.67. The van der Waals surface area contributed by atoms with Gasteiger partial charge >= 0.3 is 0 Å². The molecule has 0 fully saturated rings. The van der Waals surface area contributed by atoms with Crippen LogP contribution in [0.1, 0.15) is 5.56 Å². The Morgan fingerprint density at radius 1 is 0.833 bits per heavy atom. The second kappa shape index (κ2) is 7.29. The molecular formula is C14H15FO3. The first-order valence-corrected chi connectivity index (χ1v) is 5.46. The monoisotopic (exact) mass is 250 g/mol. The predicted molar refractivity (Wildman–Crippen MR) is 67.0 cm³/mol. The van der Waals surface area contributed by atoms with Crippen LogP contribution in [0, 0.1) is 5.82 Å². The Morgan fingerprint density at radius 3 is 1.83 bits per heavy atom. The summed E-state index contributed by atoms with van der Waals surface area (Å²) >= 11 is 0. The van der Waals surface area contributed by atoms with E-state index in [9.17, 15) is 4.39 Å². The van der Waals surface area contributed by atoms with Crippen molar-refractivity contribution in [3.63, 3.8) is 0 Å². The summed E-state index contributed by atoms with van der Waals surface area (Å²) in [4.78, 5) is 0. The molecule has 0 amide bonds. The molecule has 96 valence electrons. The van der Waals surface area contributed by atoms with Gasteiger partial charge in [0.05, 0.1) is 0 Å². The van der Waals surface area contributed by atoms with Crippen molar-refractivity contribution in [1.29, 1.82) is 0 Å². The van der Waals surface area contributed by atoms with Gasteiger partial charge < -0.3 is 15.3 Å². The molecular weight excluding hydrogens is 235 g/mol. The van der Waals surface area contributed by atoms with Crippen molar-refractivity contribution in [3.8, 4) is 11.5 Å². The second-order valence-electron chi connectivity index (χ2n) is 3.55. The summed E-state index contributed by atoms with van der Waals surface area (Å²) in [6.07, 6.45) is 0.521. The molecule has 0 atom stereocenters. The van der Waals surface area contributed by atoms with Crippen molar-refractivity contribution < 1.29 is 19.7 Å². The number of benzene rings is 2. The van der Waals surface area contributed by atoms with Gasteiger partial charge in [0.15, 0.2) is 11.6 Å². The summed E-state index contributed by atoms with van der Waals surface area (Å²) in [7, 11) is 0. The van der Waals surface area contributed by atoms with E-state index >= 15 is 0 Å². The van der Waals surface area contributed by atoms with E-state index in [1.807, 2.05) is 6.07 Å². The Bertz CT molecular complexity index is 465. The number of halogens is 1. The Hall–Kier alpha value is -2.07. The summed E-state index contributed by atoms with van der Waals surface area (Å²) in [5, 5.41) is 26.2. The summed E-state index contributed by atoms with van der Waals surface area (Å²) in [5.41, 5.74) is 0.796. The largest absolute Gasteiger partial charge is 0.508 e. The van der Waals surface area contributed by atoms with Crippen LogP contribution in [0.4, 0.5) is 4.39 Å². The minimum Gasteiger partial charge on any atom is -0.508 e. The van der Waals surface area contributed by atoms with Crippen LogP contribution < -0.4 is 0 Å². The fourth-order valence-electron chi connectivity index (χ4n) is 1.29. The average Bonchev–Trinajstić information content (AvgIpc) is 2.37. The number of hydrogen-bond acceptors (Lipinski definition) is 3. The van der Waals surface area contributed by atoms with Gasteiger partial charge in [0.25, 0.3) is 0 Å². The summed E-state index contributed by atoms with van der Waals surface area (Å²) in [6.45, 7) is 0.0809. The molecule has 3 nitrogen and oxygen atoms in total. The topological polar surface area (TPSA) is 60.7 Å². The number of aromatic hydroxyl groups is 2. The van der Waals surface area contributed by atoms with Crippen LogP contribution in [0.3, 0.4) is 0 Å². The Labute approximate surface area is 105 Å². The highest BCUT2D eigenvalue weighted by atomic mass is 19.1. The molecule has 0 unspecified atom stereocenters. The maximum Gasteiger partial charge on any atom is 0.164 e. The zero-order chi connectivity index (χ0) is 13.4. The SMILES string of the molecule is OCCc1ccccc1O.Oc1ccccc1F. The molecule has 0 saturated carbocycles. The molecule has 0 saturated heterocycles. The van der Waals surface area contributed by atoms with E-state index in [-0.39, 0.29) is 18.1 Å². The molecule has 18 heavy (non-hydrogen) atoms. The molecule has 0 aromatic heterocycles. The molecule has 2 rings (SSSR count). The van der Waals surface area contributed by atoms with Crippen LogP contribution in [-0.2, 0) is 6.42 Å². The Morgan fingerprint density at radius 2 is 1.39 bits per heavy atom. The van der Waals surface area contributed by atoms with Crippen LogP contribution in [0.25, 0.3) is 0 Å². The summed E-state index contributed by atoms with van der Waals surface area (Å²) in [5.74, 6) is -0.614. The van der Waals surface area contributed by atoms with Gasteiger partial charge in [-0.15, -0.1) is 0 Å². The van der Waals surface area contributed by atoms with E-state index in [1.165, 1.54) is 18.2 Å². The van der Waals surface area contributed by atoms with Gasteiger partial charge in [0.1, 0.15) is 5.75 Å². The third-order valence-corrected chi connectivity index (χ3v) is 2.23. The van der Waals surface area contributed by atoms with Gasteiger partial charge in [0.2, 0.25) is 0 Å². The maximum atomic E-state index is 12.1. The van der Waals surface area contributed by atoms with Crippen molar-refractivity contribution in [2.24, 2.45) is 0 Å². The van der Waals surface area contributed by atoms with Gasteiger partial charge in [-0.25, -0.2) is 4.39 Å². The highest BCUT2D eigenvalue weighted by molar-refractivity contribution is 5.31. The molecule has 0 aliphatic rings. The van der Waals surface area contributed by atoms with Gasteiger partial charge in [-0.2, -0.15) is 0 Å². The molecule has 0 aliphatic carbocycles. The summed E-state index contributed by atoms with van der Waals surface area (Å²) in [6, 6.07) is 12.6. The number of aliphatic hydroxyl groups is 1. The van der Waals surface area contributed by atoms with Crippen LogP contribution in [-0.4, -0.2) is 21.9 Å². The van der Waals surface area contributed by atoms with E-state index in [1.54, 1.807) is 24.3 Å². The Balaban J connectivity index is 0.000000184. The fourth-order valence-corrected chi connectivity index (χ4v) is 1.29. The standard InChI is InChI=1S/C8H10O2.C6H5FO/c9-6-5-7-3-1-2-4-8(7)10;7-5-3-1-2-4-6(5)8/h1-4,9-10H,5-6H2;1-4,8H. The predicted octanol–water partition coefficient (Wildman–Crippen LogP) is 2.46. The third kappa shape index (κ3) is 4.43. The molecule has 4 heteroatoms. The maximum absolute atomic E-state index is 12.1. The molecule has 0 bridgehead atoms. The van der Waals surface area contributed by atoms with Crippen LogP contribution in [0.15, 0.2) is 48.5 Å². The van der Waals surface area contributed by atoms with Gasteiger partial charge in [-0.1, -0.05) is 30.3 Å².